The van der Waals surface area contributed by atoms with Gasteiger partial charge in [0.1, 0.15) is 11.9 Å². The summed E-state index contributed by atoms with van der Waals surface area (Å²) in [5.74, 6) is 2.99. The Morgan fingerprint density at radius 2 is 1.22 bits per heavy atom. The second kappa shape index (κ2) is 8.57. The molecule has 0 radical (unpaired) electrons. The number of rotatable bonds is 3. The van der Waals surface area contributed by atoms with Crippen LogP contribution in [0.3, 0.4) is 0 Å². The van der Waals surface area contributed by atoms with Crippen LogP contribution >= 0.6 is 0 Å². The Labute approximate surface area is 237 Å². The second-order valence-corrected chi connectivity index (χ2v) is 10.7. The average molecular weight is 526 g/mol. The van der Waals surface area contributed by atoms with Crippen molar-refractivity contribution < 1.29 is 4.74 Å². The molecule has 1 aromatic heterocycles. The standard InChI is InChI=1S/C37H23N3O/c1-2-9-23(10-3-1)35-38-36(24-19-20-25-26-14-6-11-22-12-7-15-27(33(22)26)30(25)21-24)40-37(39-35)29-16-8-18-32-34(29)28-13-4-5-17-31(28)41-32/h1-21,28,31H. The molecule has 6 aromatic rings. The summed E-state index contributed by atoms with van der Waals surface area (Å²) in [4.78, 5) is 15.2. The van der Waals surface area contributed by atoms with Crippen LogP contribution in [0.15, 0.2) is 127 Å². The van der Waals surface area contributed by atoms with Gasteiger partial charge in [0.2, 0.25) is 0 Å². The minimum Gasteiger partial charge on any atom is -0.485 e. The molecule has 2 heterocycles. The largest absolute Gasteiger partial charge is 0.485 e. The first-order valence-electron chi connectivity index (χ1n) is 14.0. The van der Waals surface area contributed by atoms with Gasteiger partial charge in [-0.3, -0.25) is 0 Å². The molecule has 0 fully saturated rings. The minimum absolute atomic E-state index is 0.00731. The van der Waals surface area contributed by atoms with Gasteiger partial charge in [-0.25, -0.2) is 15.0 Å². The van der Waals surface area contributed by atoms with Gasteiger partial charge in [0.05, 0.1) is 0 Å². The fourth-order valence-electron chi connectivity index (χ4n) is 6.56. The number of nitrogens with zero attached hydrogens (tertiary/aromatic N) is 3. The molecule has 0 amide bonds. The van der Waals surface area contributed by atoms with Gasteiger partial charge >= 0.3 is 0 Å². The van der Waals surface area contributed by atoms with Crippen molar-refractivity contribution in [3.8, 4) is 62.2 Å². The molecule has 9 rings (SSSR count). The van der Waals surface area contributed by atoms with Crippen LogP contribution in [0.2, 0.25) is 0 Å². The van der Waals surface area contributed by atoms with Crippen LogP contribution in [-0.4, -0.2) is 21.1 Å². The quantitative estimate of drug-likeness (QED) is 0.232. The predicted molar refractivity (Wildman–Crippen MR) is 164 cm³/mol. The Hall–Kier alpha value is -5.35. The van der Waals surface area contributed by atoms with Crippen LogP contribution in [0.25, 0.3) is 67.2 Å². The van der Waals surface area contributed by atoms with E-state index >= 15 is 0 Å². The van der Waals surface area contributed by atoms with Crippen LogP contribution in [0.4, 0.5) is 0 Å². The van der Waals surface area contributed by atoms with Crippen LogP contribution in [-0.2, 0) is 0 Å². The highest BCUT2D eigenvalue weighted by Gasteiger charge is 2.35. The predicted octanol–water partition coefficient (Wildman–Crippen LogP) is 8.64. The molecule has 2 atom stereocenters. The fraction of sp³-hybridized carbons (Fsp3) is 0.0541. The first kappa shape index (κ1) is 22.5. The third-order valence-electron chi connectivity index (χ3n) is 8.42. The number of fused-ring (bicyclic) bond motifs is 6. The van der Waals surface area contributed by atoms with Crippen molar-refractivity contribution >= 4 is 10.8 Å². The van der Waals surface area contributed by atoms with Crippen molar-refractivity contribution in [1.82, 2.24) is 15.0 Å². The van der Waals surface area contributed by atoms with E-state index in [0.717, 1.165) is 28.0 Å². The number of benzene rings is 5. The SMILES string of the molecule is C1=CC2Oc3cccc(-c4nc(-c5ccccc5)nc(-c5ccc6c(c5)-c5cccc7cccc-6c57)n4)c3C2C=C1. The number of ether oxygens (including phenoxy) is 1. The van der Waals surface area contributed by atoms with Crippen molar-refractivity contribution in [2.24, 2.45) is 0 Å². The van der Waals surface area contributed by atoms with E-state index in [9.17, 15) is 0 Å². The van der Waals surface area contributed by atoms with E-state index < -0.39 is 0 Å². The number of allylic oxidation sites excluding steroid dienone is 2. The molecule has 0 N–H and O–H groups in total. The summed E-state index contributed by atoms with van der Waals surface area (Å²) in [6.07, 6.45) is 8.46. The van der Waals surface area contributed by atoms with E-state index in [1.165, 1.54) is 33.0 Å². The molecule has 2 aliphatic carbocycles. The molecule has 2 unspecified atom stereocenters. The molecule has 0 saturated carbocycles. The summed E-state index contributed by atoms with van der Waals surface area (Å²) in [5, 5.41) is 2.57. The van der Waals surface area contributed by atoms with Gasteiger partial charge < -0.3 is 4.74 Å². The van der Waals surface area contributed by atoms with Gasteiger partial charge in [0.25, 0.3) is 0 Å². The minimum atomic E-state index is -0.00731. The van der Waals surface area contributed by atoms with E-state index in [4.69, 9.17) is 19.7 Å². The van der Waals surface area contributed by atoms with Crippen LogP contribution in [0.5, 0.6) is 5.75 Å². The van der Waals surface area contributed by atoms with E-state index in [1.54, 1.807) is 0 Å². The lowest BCUT2D eigenvalue weighted by atomic mass is 9.88. The Bertz CT molecular complexity index is 2090. The first-order chi connectivity index (χ1) is 20.3. The van der Waals surface area contributed by atoms with Gasteiger partial charge in [0, 0.05) is 28.2 Å². The smallest absolute Gasteiger partial charge is 0.164 e. The summed E-state index contributed by atoms with van der Waals surface area (Å²) < 4.78 is 6.30. The van der Waals surface area contributed by atoms with Crippen molar-refractivity contribution in [1.29, 1.82) is 0 Å². The highest BCUT2D eigenvalue weighted by Crippen LogP contribution is 2.49. The summed E-state index contributed by atoms with van der Waals surface area (Å²) in [7, 11) is 0. The van der Waals surface area contributed by atoms with Crippen molar-refractivity contribution in [3.63, 3.8) is 0 Å². The van der Waals surface area contributed by atoms with E-state index in [1.807, 2.05) is 48.5 Å². The third kappa shape index (κ3) is 3.37. The first-order valence-corrected chi connectivity index (χ1v) is 14.0. The molecule has 41 heavy (non-hydrogen) atoms. The molecule has 3 aliphatic rings. The molecule has 192 valence electrons. The van der Waals surface area contributed by atoms with Crippen LogP contribution in [0, 0.1) is 0 Å². The Morgan fingerprint density at radius 1 is 0.512 bits per heavy atom. The van der Waals surface area contributed by atoms with Gasteiger partial charge in [-0.1, -0.05) is 109 Å². The average Bonchev–Trinajstić information content (AvgIpc) is 3.58. The normalized spacial score (nSPS) is 17.3. The van der Waals surface area contributed by atoms with Crippen molar-refractivity contribution in [3.05, 3.63) is 133 Å². The Morgan fingerprint density at radius 3 is 2.07 bits per heavy atom. The molecule has 0 bridgehead atoms. The molecular weight excluding hydrogens is 502 g/mol. The zero-order chi connectivity index (χ0) is 26.9. The summed E-state index contributed by atoms with van der Waals surface area (Å²) >= 11 is 0. The van der Waals surface area contributed by atoms with E-state index in [-0.39, 0.29) is 12.0 Å². The maximum absolute atomic E-state index is 6.30. The maximum atomic E-state index is 6.30. The lowest BCUT2D eigenvalue weighted by Gasteiger charge is -2.16. The maximum Gasteiger partial charge on any atom is 0.164 e. The topological polar surface area (TPSA) is 47.9 Å². The number of hydrogen-bond acceptors (Lipinski definition) is 4. The van der Waals surface area contributed by atoms with Crippen molar-refractivity contribution in [2.45, 2.75) is 12.0 Å². The summed E-state index contributed by atoms with van der Waals surface area (Å²) in [6, 6.07) is 36.0. The molecule has 0 spiro atoms. The Kier molecular flexibility index (Phi) is 4.70. The lowest BCUT2D eigenvalue weighted by molar-refractivity contribution is 0.269. The highest BCUT2D eigenvalue weighted by atomic mass is 16.5. The zero-order valence-corrected chi connectivity index (χ0v) is 22.0. The Balaban J connectivity index is 1.25. The fourth-order valence-corrected chi connectivity index (χ4v) is 6.56. The van der Waals surface area contributed by atoms with Crippen LogP contribution in [0.1, 0.15) is 11.5 Å². The number of aromatic nitrogens is 3. The van der Waals surface area contributed by atoms with Gasteiger partial charge in [-0.15, -0.1) is 0 Å². The van der Waals surface area contributed by atoms with E-state index in [0.29, 0.717) is 17.5 Å². The highest BCUT2D eigenvalue weighted by molar-refractivity contribution is 6.15. The summed E-state index contributed by atoms with van der Waals surface area (Å²) in [5.41, 5.74) is 9.04. The molecular formula is C37H23N3O. The van der Waals surface area contributed by atoms with Gasteiger partial charge in [-0.05, 0) is 51.2 Å². The lowest BCUT2D eigenvalue weighted by Crippen LogP contribution is -2.16. The number of hydrogen-bond donors (Lipinski definition) is 0. The zero-order valence-electron chi connectivity index (χ0n) is 22.0. The third-order valence-corrected chi connectivity index (χ3v) is 8.42. The molecule has 1 aliphatic heterocycles. The van der Waals surface area contributed by atoms with Gasteiger partial charge in [0.15, 0.2) is 17.5 Å². The van der Waals surface area contributed by atoms with E-state index in [2.05, 4.69) is 78.9 Å². The van der Waals surface area contributed by atoms with Crippen molar-refractivity contribution in [2.75, 3.05) is 0 Å². The second-order valence-electron chi connectivity index (χ2n) is 10.7. The van der Waals surface area contributed by atoms with Gasteiger partial charge in [-0.2, -0.15) is 0 Å². The molecule has 0 saturated heterocycles. The summed E-state index contributed by atoms with van der Waals surface area (Å²) in [6.45, 7) is 0. The van der Waals surface area contributed by atoms with Crippen LogP contribution < -0.4 is 4.74 Å². The monoisotopic (exact) mass is 525 g/mol. The molecule has 4 heteroatoms. The molecule has 5 aromatic carbocycles. The molecule has 4 nitrogen and oxygen atoms in total.